The molecule has 0 atom stereocenters. The summed E-state index contributed by atoms with van der Waals surface area (Å²) in [7, 11) is 5.30. The van der Waals surface area contributed by atoms with Crippen LogP contribution in [0.3, 0.4) is 0 Å². The van der Waals surface area contributed by atoms with Crippen LogP contribution in [0.2, 0.25) is 0 Å². The predicted molar refractivity (Wildman–Crippen MR) is 73.1 cm³/mol. The minimum absolute atomic E-state index is 0.344. The van der Waals surface area contributed by atoms with Crippen molar-refractivity contribution in [3.63, 3.8) is 0 Å². The summed E-state index contributed by atoms with van der Waals surface area (Å²) < 4.78 is 4.60. The Bertz CT molecular complexity index is 562. The summed E-state index contributed by atoms with van der Waals surface area (Å²) in [5.74, 6) is 0.146. The largest absolute Gasteiger partial charge is 0.465 e. The van der Waals surface area contributed by atoms with Crippen LogP contribution in [0.4, 0.5) is 5.69 Å². The average molecular weight is 257 g/mol. The normalized spacial score (nSPS) is 10.1. The van der Waals surface area contributed by atoms with E-state index in [0.717, 1.165) is 11.3 Å². The van der Waals surface area contributed by atoms with Crippen LogP contribution in [-0.4, -0.2) is 37.1 Å². The molecule has 0 N–H and O–H groups in total. The zero-order valence-corrected chi connectivity index (χ0v) is 11.1. The zero-order valence-electron chi connectivity index (χ0n) is 11.1. The molecule has 1 aromatic heterocycles. The minimum Gasteiger partial charge on any atom is -0.465 e. The number of aromatic nitrogens is 2. The van der Waals surface area contributed by atoms with Crippen LogP contribution in [0.25, 0.3) is 11.4 Å². The van der Waals surface area contributed by atoms with Gasteiger partial charge in [0.25, 0.3) is 0 Å². The molecule has 5 heteroatoms. The van der Waals surface area contributed by atoms with E-state index in [-0.39, 0.29) is 0 Å². The van der Waals surface area contributed by atoms with E-state index in [1.54, 1.807) is 0 Å². The third kappa shape index (κ3) is 2.88. The molecule has 0 saturated heterocycles. The maximum atomic E-state index is 11.3. The van der Waals surface area contributed by atoms with Crippen LogP contribution in [0.1, 0.15) is 10.4 Å². The van der Waals surface area contributed by atoms with Gasteiger partial charge in [-0.25, -0.2) is 14.8 Å². The molecule has 0 aliphatic rings. The van der Waals surface area contributed by atoms with E-state index in [2.05, 4.69) is 14.7 Å². The van der Waals surface area contributed by atoms with Crippen LogP contribution in [0.15, 0.2) is 36.7 Å². The first kappa shape index (κ1) is 13.0. The van der Waals surface area contributed by atoms with Crippen molar-refractivity contribution in [3.05, 3.63) is 42.2 Å². The standard InChI is InChI=1S/C14H15N3O2/c1-17(2)12-6-4-10(5-7-12)13-15-8-11(9-16-13)14(18)19-3/h4-9H,1-3H3. The Kier molecular flexibility index (Phi) is 3.75. The van der Waals surface area contributed by atoms with Crippen molar-refractivity contribution in [1.82, 2.24) is 9.97 Å². The number of nitrogens with zero attached hydrogens (tertiary/aromatic N) is 3. The van der Waals surface area contributed by atoms with Crippen molar-refractivity contribution in [2.75, 3.05) is 26.1 Å². The molecular formula is C14H15N3O2. The van der Waals surface area contributed by atoms with Crippen LogP contribution in [0.5, 0.6) is 0 Å². The number of hydrogen-bond donors (Lipinski definition) is 0. The Morgan fingerprint density at radius 2 is 1.68 bits per heavy atom. The second kappa shape index (κ2) is 5.48. The Morgan fingerprint density at radius 1 is 1.11 bits per heavy atom. The van der Waals surface area contributed by atoms with Gasteiger partial charge in [0.2, 0.25) is 0 Å². The molecule has 0 fully saturated rings. The van der Waals surface area contributed by atoms with Crippen molar-refractivity contribution >= 4 is 11.7 Å². The van der Waals surface area contributed by atoms with Gasteiger partial charge in [-0.15, -0.1) is 0 Å². The quantitative estimate of drug-likeness (QED) is 0.787. The van der Waals surface area contributed by atoms with E-state index in [4.69, 9.17) is 0 Å². The second-order valence-electron chi connectivity index (χ2n) is 4.23. The Balaban J connectivity index is 2.24. The van der Waals surface area contributed by atoms with Gasteiger partial charge >= 0.3 is 5.97 Å². The summed E-state index contributed by atoms with van der Waals surface area (Å²) in [6.45, 7) is 0. The highest BCUT2D eigenvalue weighted by Crippen LogP contribution is 2.19. The van der Waals surface area contributed by atoms with E-state index < -0.39 is 5.97 Å². The van der Waals surface area contributed by atoms with Gasteiger partial charge in [-0.3, -0.25) is 0 Å². The fourth-order valence-electron chi connectivity index (χ4n) is 1.61. The van der Waals surface area contributed by atoms with Crippen LogP contribution < -0.4 is 4.90 Å². The van der Waals surface area contributed by atoms with E-state index in [1.165, 1.54) is 19.5 Å². The molecule has 0 unspecified atom stereocenters. The van der Waals surface area contributed by atoms with Gasteiger partial charge in [0.1, 0.15) is 0 Å². The molecule has 0 aliphatic carbocycles. The minimum atomic E-state index is -0.436. The van der Waals surface area contributed by atoms with E-state index in [0.29, 0.717) is 11.4 Å². The smallest absolute Gasteiger partial charge is 0.341 e. The van der Waals surface area contributed by atoms with Gasteiger partial charge in [-0.05, 0) is 24.3 Å². The number of esters is 1. The van der Waals surface area contributed by atoms with Gasteiger partial charge in [0, 0.05) is 37.7 Å². The molecule has 2 aromatic rings. The number of hydrogen-bond acceptors (Lipinski definition) is 5. The molecule has 1 aromatic carbocycles. The highest BCUT2D eigenvalue weighted by Gasteiger charge is 2.07. The summed E-state index contributed by atoms with van der Waals surface area (Å²) in [6.07, 6.45) is 2.93. The molecule has 0 amide bonds. The molecule has 0 bridgehead atoms. The summed E-state index contributed by atoms with van der Waals surface area (Å²) in [5, 5.41) is 0. The molecule has 19 heavy (non-hydrogen) atoms. The first-order valence-corrected chi connectivity index (χ1v) is 5.80. The number of carbonyl (C=O) groups is 1. The molecule has 0 aliphatic heterocycles. The molecule has 0 radical (unpaired) electrons. The maximum Gasteiger partial charge on any atom is 0.341 e. The highest BCUT2D eigenvalue weighted by atomic mass is 16.5. The lowest BCUT2D eigenvalue weighted by atomic mass is 10.2. The van der Waals surface area contributed by atoms with E-state index >= 15 is 0 Å². The Morgan fingerprint density at radius 3 is 2.16 bits per heavy atom. The van der Waals surface area contributed by atoms with Crippen molar-refractivity contribution in [3.8, 4) is 11.4 Å². The number of rotatable bonds is 3. The molecule has 1 heterocycles. The van der Waals surface area contributed by atoms with E-state index in [1.807, 2.05) is 43.3 Å². The van der Waals surface area contributed by atoms with Gasteiger partial charge in [-0.1, -0.05) is 0 Å². The third-order valence-corrected chi connectivity index (χ3v) is 2.71. The monoisotopic (exact) mass is 257 g/mol. The highest BCUT2D eigenvalue weighted by molar-refractivity contribution is 5.88. The number of methoxy groups -OCH3 is 1. The maximum absolute atomic E-state index is 11.3. The predicted octanol–water partition coefficient (Wildman–Crippen LogP) is 2.00. The van der Waals surface area contributed by atoms with Crippen molar-refractivity contribution in [1.29, 1.82) is 0 Å². The van der Waals surface area contributed by atoms with Crippen molar-refractivity contribution in [2.24, 2.45) is 0 Å². The fraction of sp³-hybridized carbons (Fsp3) is 0.214. The van der Waals surface area contributed by atoms with Crippen molar-refractivity contribution < 1.29 is 9.53 Å². The SMILES string of the molecule is COC(=O)c1cnc(-c2ccc(N(C)C)cc2)nc1. The summed E-state index contributed by atoms with van der Waals surface area (Å²) in [5.41, 5.74) is 2.35. The lowest BCUT2D eigenvalue weighted by Crippen LogP contribution is -2.08. The molecule has 0 saturated carbocycles. The molecule has 98 valence electrons. The van der Waals surface area contributed by atoms with Gasteiger partial charge in [-0.2, -0.15) is 0 Å². The third-order valence-electron chi connectivity index (χ3n) is 2.71. The Hall–Kier alpha value is -2.43. The molecule has 5 nitrogen and oxygen atoms in total. The van der Waals surface area contributed by atoms with E-state index in [9.17, 15) is 4.79 Å². The van der Waals surface area contributed by atoms with Crippen molar-refractivity contribution in [2.45, 2.75) is 0 Å². The first-order valence-electron chi connectivity index (χ1n) is 5.80. The van der Waals surface area contributed by atoms with Gasteiger partial charge in [0.05, 0.1) is 12.7 Å². The number of carbonyl (C=O) groups excluding carboxylic acids is 1. The summed E-state index contributed by atoms with van der Waals surface area (Å²) >= 11 is 0. The average Bonchev–Trinajstić information content (AvgIpc) is 2.46. The summed E-state index contributed by atoms with van der Waals surface area (Å²) in [4.78, 5) is 21.6. The number of ether oxygens (including phenoxy) is 1. The zero-order chi connectivity index (χ0) is 13.8. The molecule has 2 rings (SSSR count). The number of benzene rings is 1. The topological polar surface area (TPSA) is 55.3 Å². The molecule has 0 spiro atoms. The van der Waals surface area contributed by atoms with Crippen LogP contribution >= 0.6 is 0 Å². The van der Waals surface area contributed by atoms with Crippen LogP contribution in [0, 0.1) is 0 Å². The van der Waals surface area contributed by atoms with Gasteiger partial charge < -0.3 is 9.64 Å². The molecular weight excluding hydrogens is 242 g/mol. The lowest BCUT2D eigenvalue weighted by molar-refractivity contribution is 0.0600. The lowest BCUT2D eigenvalue weighted by Gasteiger charge is -2.12. The van der Waals surface area contributed by atoms with Crippen LogP contribution in [-0.2, 0) is 4.74 Å². The fourth-order valence-corrected chi connectivity index (χ4v) is 1.61. The number of anilines is 1. The Labute approximate surface area is 111 Å². The first-order chi connectivity index (χ1) is 9.11. The summed E-state index contributed by atoms with van der Waals surface area (Å²) in [6, 6.07) is 7.88. The van der Waals surface area contributed by atoms with Gasteiger partial charge in [0.15, 0.2) is 5.82 Å². The second-order valence-corrected chi connectivity index (χ2v) is 4.23.